The van der Waals surface area contributed by atoms with Gasteiger partial charge in [0.1, 0.15) is 0 Å². The first-order chi connectivity index (χ1) is 9.74. The molecule has 20 heavy (non-hydrogen) atoms. The van der Waals surface area contributed by atoms with Gasteiger partial charge in [0, 0.05) is 15.7 Å². The SMILES string of the molecule is O=C1Nc2ccccc2/C1=C1\CCc2cc(Br)ccc21. The highest BCUT2D eigenvalue weighted by Gasteiger charge is 2.30. The molecule has 1 N–H and O–H groups in total. The van der Waals surface area contributed by atoms with Gasteiger partial charge in [-0.25, -0.2) is 0 Å². The Morgan fingerprint density at radius 2 is 1.85 bits per heavy atom. The number of halogens is 1. The number of carbonyl (C=O) groups is 1. The van der Waals surface area contributed by atoms with E-state index in [9.17, 15) is 4.79 Å². The Hall–Kier alpha value is -1.87. The van der Waals surface area contributed by atoms with Crippen molar-refractivity contribution in [3.63, 3.8) is 0 Å². The summed E-state index contributed by atoms with van der Waals surface area (Å²) in [7, 11) is 0. The van der Waals surface area contributed by atoms with E-state index < -0.39 is 0 Å². The lowest BCUT2D eigenvalue weighted by Crippen LogP contribution is -2.05. The Bertz CT molecular complexity index is 776. The molecule has 0 aromatic heterocycles. The zero-order valence-electron chi connectivity index (χ0n) is 10.7. The summed E-state index contributed by atoms with van der Waals surface area (Å²) in [6.45, 7) is 0. The molecule has 2 aromatic rings. The lowest BCUT2D eigenvalue weighted by molar-refractivity contribution is -0.110. The molecule has 0 atom stereocenters. The molecule has 0 fully saturated rings. The van der Waals surface area contributed by atoms with E-state index in [1.165, 1.54) is 16.7 Å². The number of carbonyl (C=O) groups excluding carboxylic acids is 1. The number of aryl methyl sites for hydroxylation is 1. The highest BCUT2D eigenvalue weighted by atomic mass is 79.9. The fourth-order valence-corrected chi connectivity index (χ4v) is 3.54. The van der Waals surface area contributed by atoms with Gasteiger partial charge in [0.05, 0.1) is 5.57 Å². The van der Waals surface area contributed by atoms with Gasteiger partial charge in [0.2, 0.25) is 0 Å². The summed E-state index contributed by atoms with van der Waals surface area (Å²) in [4.78, 5) is 12.3. The normalized spacial score (nSPS) is 19.8. The van der Waals surface area contributed by atoms with E-state index in [0.717, 1.165) is 34.1 Å². The van der Waals surface area contributed by atoms with Gasteiger partial charge in [-0.15, -0.1) is 0 Å². The number of benzene rings is 2. The molecule has 3 heteroatoms. The molecule has 0 saturated heterocycles. The van der Waals surface area contributed by atoms with Crippen LogP contribution in [0.4, 0.5) is 5.69 Å². The molecule has 2 aromatic carbocycles. The predicted molar refractivity (Wildman–Crippen MR) is 84.3 cm³/mol. The summed E-state index contributed by atoms with van der Waals surface area (Å²) in [6, 6.07) is 14.2. The van der Waals surface area contributed by atoms with Crippen molar-refractivity contribution >= 4 is 38.7 Å². The fourth-order valence-electron chi connectivity index (χ4n) is 3.13. The molecule has 0 unspecified atom stereocenters. The van der Waals surface area contributed by atoms with Crippen LogP contribution in [-0.4, -0.2) is 5.91 Å². The number of allylic oxidation sites excluding steroid dienone is 1. The average molecular weight is 326 g/mol. The second-order valence-corrected chi connectivity index (χ2v) is 6.07. The van der Waals surface area contributed by atoms with Crippen molar-refractivity contribution in [2.45, 2.75) is 12.8 Å². The van der Waals surface area contributed by atoms with Crippen molar-refractivity contribution in [3.8, 4) is 0 Å². The largest absolute Gasteiger partial charge is 0.321 e. The highest BCUT2D eigenvalue weighted by molar-refractivity contribution is 9.10. The number of hydrogen-bond donors (Lipinski definition) is 1. The van der Waals surface area contributed by atoms with Crippen LogP contribution in [-0.2, 0) is 11.2 Å². The predicted octanol–water partition coefficient (Wildman–Crippen LogP) is 4.26. The number of rotatable bonds is 0. The van der Waals surface area contributed by atoms with Gasteiger partial charge in [-0.1, -0.05) is 40.2 Å². The van der Waals surface area contributed by atoms with Crippen molar-refractivity contribution in [1.29, 1.82) is 0 Å². The number of hydrogen-bond acceptors (Lipinski definition) is 1. The van der Waals surface area contributed by atoms with Gasteiger partial charge in [-0.2, -0.15) is 0 Å². The molecule has 0 spiro atoms. The first kappa shape index (κ1) is 11.9. The van der Waals surface area contributed by atoms with Crippen LogP contribution < -0.4 is 5.32 Å². The summed E-state index contributed by atoms with van der Waals surface area (Å²) in [5, 5.41) is 2.96. The minimum atomic E-state index is 0.0250. The lowest BCUT2D eigenvalue weighted by Gasteiger charge is -2.06. The number of nitrogens with one attached hydrogen (secondary N) is 1. The average Bonchev–Trinajstić information content (AvgIpc) is 2.97. The maximum absolute atomic E-state index is 12.3. The topological polar surface area (TPSA) is 29.1 Å². The Kier molecular flexibility index (Phi) is 2.57. The second kappa shape index (κ2) is 4.32. The summed E-state index contributed by atoms with van der Waals surface area (Å²) in [5.41, 5.74) is 6.51. The van der Waals surface area contributed by atoms with Gasteiger partial charge in [0.25, 0.3) is 5.91 Å². The van der Waals surface area contributed by atoms with Crippen LogP contribution in [0.1, 0.15) is 23.1 Å². The Morgan fingerprint density at radius 3 is 2.75 bits per heavy atom. The van der Waals surface area contributed by atoms with Gasteiger partial charge < -0.3 is 5.32 Å². The molecule has 0 bridgehead atoms. The molecule has 1 amide bonds. The van der Waals surface area contributed by atoms with Gasteiger partial charge in [-0.3, -0.25) is 4.79 Å². The Morgan fingerprint density at radius 1 is 1.00 bits per heavy atom. The maximum Gasteiger partial charge on any atom is 0.256 e. The van der Waals surface area contributed by atoms with Crippen LogP contribution in [0.25, 0.3) is 11.1 Å². The van der Waals surface area contributed by atoms with Crippen LogP contribution in [0, 0.1) is 0 Å². The molecule has 0 radical (unpaired) electrons. The Balaban J connectivity index is 1.96. The fraction of sp³-hybridized carbons (Fsp3) is 0.118. The number of amides is 1. The third-order valence-corrected chi connectivity index (χ3v) is 4.50. The van der Waals surface area contributed by atoms with Crippen LogP contribution in [0.2, 0.25) is 0 Å². The lowest BCUT2D eigenvalue weighted by atomic mass is 9.97. The molecule has 4 rings (SSSR count). The third kappa shape index (κ3) is 1.66. The van der Waals surface area contributed by atoms with E-state index >= 15 is 0 Å². The molecule has 98 valence electrons. The van der Waals surface area contributed by atoms with Crippen molar-refractivity contribution in [3.05, 3.63) is 63.6 Å². The quantitative estimate of drug-likeness (QED) is 0.720. The van der Waals surface area contributed by atoms with Gasteiger partial charge >= 0.3 is 0 Å². The smallest absolute Gasteiger partial charge is 0.256 e. The first-order valence-electron chi connectivity index (χ1n) is 6.67. The number of fused-ring (bicyclic) bond motifs is 2. The third-order valence-electron chi connectivity index (χ3n) is 4.01. The molecule has 2 nitrogen and oxygen atoms in total. The van der Waals surface area contributed by atoms with Crippen molar-refractivity contribution < 1.29 is 4.79 Å². The standard InChI is InChI=1S/C17H12BrNO/c18-11-6-8-12-10(9-11)5-7-13(12)16-14-3-1-2-4-15(14)19-17(16)20/h1-4,6,8-9H,5,7H2,(H,19,20)/b16-13-. The minimum Gasteiger partial charge on any atom is -0.321 e. The molecular weight excluding hydrogens is 314 g/mol. The summed E-state index contributed by atoms with van der Waals surface area (Å²) >= 11 is 3.51. The maximum atomic E-state index is 12.3. The first-order valence-corrected chi connectivity index (χ1v) is 7.46. The summed E-state index contributed by atoms with van der Waals surface area (Å²) in [5.74, 6) is 0.0250. The van der Waals surface area contributed by atoms with E-state index in [0.29, 0.717) is 0 Å². The number of anilines is 1. The van der Waals surface area contributed by atoms with E-state index in [-0.39, 0.29) is 5.91 Å². The van der Waals surface area contributed by atoms with Crippen LogP contribution in [0.5, 0.6) is 0 Å². The van der Waals surface area contributed by atoms with E-state index in [4.69, 9.17) is 0 Å². The summed E-state index contributed by atoms with van der Waals surface area (Å²) < 4.78 is 1.10. The van der Waals surface area contributed by atoms with Gasteiger partial charge in [-0.05, 0) is 47.7 Å². The van der Waals surface area contributed by atoms with Crippen LogP contribution in [0.3, 0.4) is 0 Å². The number of para-hydroxylation sites is 1. The van der Waals surface area contributed by atoms with Crippen LogP contribution in [0.15, 0.2) is 46.9 Å². The minimum absolute atomic E-state index is 0.0250. The van der Waals surface area contributed by atoms with E-state index in [1.54, 1.807) is 0 Å². The van der Waals surface area contributed by atoms with Crippen molar-refractivity contribution in [1.82, 2.24) is 0 Å². The second-order valence-electron chi connectivity index (χ2n) is 5.15. The molecule has 2 aliphatic rings. The Labute approximate surface area is 125 Å². The van der Waals surface area contributed by atoms with Crippen molar-refractivity contribution in [2.24, 2.45) is 0 Å². The summed E-state index contributed by atoms with van der Waals surface area (Å²) in [6.07, 6.45) is 1.94. The van der Waals surface area contributed by atoms with Crippen molar-refractivity contribution in [2.75, 3.05) is 5.32 Å². The molecule has 1 aliphatic heterocycles. The molecule has 1 heterocycles. The van der Waals surface area contributed by atoms with E-state index in [2.05, 4.69) is 33.4 Å². The van der Waals surface area contributed by atoms with E-state index in [1.807, 2.05) is 30.3 Å². The zero-order chi connectivity index (χ0) is 13.7. The zero-order valence-corrected chi connectivity index (χ0v) is 12.3. The monoisotopic (exact) mass is 325 g/mol. The van der Waals surface area contributed by atoms with Gasteiger partial charge in [0.15, 0.2) is 0 Å². The highest BCUT2D eigenvalue weighted by Crippen LogP contribution is 2.43. The molecule has 1 aliphatic carbocycles. The van der Waals surface area contributed by atoms with Crippen LogP contribution >= 0.6 is 15.9 Å². The molecular formula is C17H12BrNO. The molecule has 0 saturated carbocycles.